The Labute approximate surface area is 147 Å². The van der Waals surface area contributed by atoms with Gasteiger partial charge >= 0.3 is 0 Å². The largest absolute Gasteiger partial charge is 0.504 e. The van der Waals surface area contributed by atoms with Gasteiger partial charge in [-0.25, -0.2) is 0 Å². The second-order valence-corrected chi connectivity index (χ2v) is 5.64. The van der Waals surface area contributed by atoms with Gasteiger partial charge in [0.1, 0.15) is 5.75 Å². The number of phenols is 1. The third kappa shape index (κ3) is 3.86. The maximum absolute atomic E-state index is 9.90. The van der Waals surface area contributed by atoms with E-state index in [1.54, 1.807) is 19.2 Å². The molecule has 3 aromatic carbocycles. The highest BCUT2D eigenvalue weighted by Crippen LogP contribution is 2.32. The van der Waals surface area contributed by atoms with Crippen molar-refractivity contribution in [3.63, 3.8) is 0 Å². The molecule has 2 N–H and O–H groups in total. The Morgan fingerprint density at radius 2 is 1.52 bits per heavy atom. The number of methoxy groups -OCH3 is 2. The van der Waals surface area contributed by atoms with E-state index in [9.17, 15) is 5.11 Å². The minimum absolute atomic E-state index is 0.131. The van der Waals surface area contributed by atoms with Crippen LogP contribution in [-0.4, -0.2) is 19.3 Å². The van der Waals surface area contributed by atoms with Gasteiger partial charge < -0.3 is 19.9 Å². The molecule has 128 valence electrons. The lowest BCUT2D eigenvalue weighted by molar-refractivity contribution is 0.373. The second-order valence-electron chi connectivity index (χ2n) is 5.64. The van der Waals surface area contributed by atoms with Crippen LogP contribution >= 0.6 is 0 Å². The van der Waals surface area contributed by atoms with E-state index >= 15 is 0 Å². The molecule has 25 heavy (non-hydrogen) atoms. The number of rotatable bonds is 6. The van der Waals surface area contributed by atoms with Gasteiger partial charge in [-0.05, 0) is 41.0 Å². The Hall–Kier alpha value is -3.14. The lowest BCUT2D eigenvalue weighted by atomic mass is 10.0. The summed E-state index contributed by atoms with van der Waals surface area (Å²) < 4.78 is 10.5. The van der Waals surface area contributed by atoms with Gasteiger partial charge in [0, 0.05) is 6.54 Å². The Morgan fingerprint density at radius 3 is 2.20 bits per heavy atom. The van der Waals surface area contributed by atoms with Crippen LogP contribution in [0, 0.1) is 0 Å². The van der Waals surface area contributed by atoms with E-state index < -0.39 is 0 Å². The number of hydrogen-bond acceptors (Lipinski definition) is 4. The van der Waals surface area contributed by atoms with Crippen LogP contribution in [0.1, 0.15) is 5.56 Å². The zero-order chi connectivity index (χ0) is 17.6. The molecule has 0 aromatic heterocycles. The summed E-state index contributed by atoms with van der Waals surface area (Å²) in [4.78, 5) is 0. The van der Waals surface area contributed by atoms with Gasteiger partial charge in [-0.15, -0.1) is 0 Å². The molecular weight excluding hydrogens is 314 g/mol. The van der Waals surface area contributed by atoms with Crippen molar-refractivity contribution in [1.82, 2.24) is 0 Å². The van der Waals surface area contributed by atoms with Crippen LogP contribution < -0.4 is 14.8 Å². The first-order valence-electron chi connectivity index (χ1n) is 8.04. The number of nitrogens with one attached hydrogen (secondary N) is 1. The SMILES string of the molecule is COc1ccc(CNc2cc(-c3ccccc3)ccc2OC)cc1O. The molecule has 4 heteroatoms. The predicted octanol–water partition coefficient (Wildman–Crippen LogP) is 4.69. The first kappa shape index (κ1) is 16.7. The van der Waals surface area contributed by atoms with Gasteiger partial charge in [-0.3, -0.25) is 0 Å². The molecule has 3 aromatic rings. The molecule has 0 fully saturated rings. The molecule has 0 spiro atoms. The summed E-state index contributed by atoms with van der Waals surface area (Å²) in [6, 6.07) is 21.6. The van der Waals surface area contributed by atoms with E-state index in [2.05, 4.69) is 23.5 Å². The molecule has 0 aliphatic rings. The van der Waals surface area contributed by atoms with Gasteiger partial charge in [-0.2, -0.15) is 0 Å². The van der Waals surface area contributed by atoms with Crippen molar-refractivity contribution in [2.45, 2.75) is 6.54 Å². The third-order valence-corrected chi connectivity index (χ3v) is 4.03. The van der Waals surface area contributed by atoms with Crippen molar-refractivity contribution >= 4 is 5.69 Å². The topological polar surface area (TPSA) is 50.7 Å². The van der Waals surface area contributed by atoms with E-state index in [-0.39, 0.29) is 5.75 Å². The monoisotopic (exact) mass is 335 g/mol. The fourth-order valence-corrected chi connectivity index (χ4v) is 2.70. The summed E-state index contributed by atoms with van der Waals surface area (Å²) in [5, 5.41) is 13.3. The van der Waals surface area contributed by atoms with Crippen LogP contribution in [0.2, 0.25) is 0 Å². The molecule has 0 atom stereocenters. The van der Waals surface area contributed by atoms with Crippen LogP contribution in [0.15, 0.2) is 66.7 Å². The summed E-state index contributed by atoms with van der Waals surface area (Å²) in [5.74, 6) is 1.37. The number of anilines is 1. The molecule has 0 radical (unpaired) electrons. The van der Waals surface area contributed by atoms with Gasteiger partial charge in [0.2, 0.25) is 0 Å². The Bertz CT molecular complexity index is 847. The van der Waals surface area contributed by atoms with E-state index in [4.69, 9.17) is 9.47 Å². The summed E-state index contributed by atoms with van der Waals surface area (Å²) in [5.41, 5.74) is 4.11. The summed E-state index contributed by atoms with van der Waals surface area (Å²) in [6.45, 7) is 0.562. The minimum Gasteiger partial charge on any atom is -0.504 e. The highest BCUT2D eigenvalue weighted by Gasteiger charge is 2.07. The van der Waals surface area contributed by atoms with Crippen molar-refractivity contribution < 1.29 is 14.6 Å². The molecule has 4 nitrogen and oxygen atoms in total. The number of aromatic hydroxyl groups is 1. The molecule has 0 unspecified atom stereocenters. The van der Waals surface area contributed by atoms with Gasteiger partial charge in [0.25, 0.3) is 0 Å². The number of ether oxygens (including phenoxy) is 2. The first-order chi connectivity index (χ1) is 12.2. The number of phenolic OH excluding ortho intramolecular Hbond substituents is 1. The van der Waals surface area contributed by atoms with Crippen molar-refractivity contribution in [1.29, 1.82) is 0 Å². The van der Waals surface area contributed by atoms with Crippen LogP contribution in [0.25, 0.3) is 11.1 Å². The third-order valence-electron chi connectivity index (χ3n) is 4.03. The minimum atomic E-state index is 0.131. The Balaban J connectivity index is 1.82. The molecule has 0 saturated carbocycles. The highest BCUT2D eigenvalue weighted by atomic mass is 16.5. The summed E-state index contributed by atoms with van der Waals surface area (Å²) >= 11 is 0. The number of hydrogen-bond donors (Lipinski definition) is 2. The van der Waals surface area contributed by atoms with Gasteiger partial charge in [-0.1, -0.05) is 42.5 Å². The fraction of sp³-hybridized carbons (Fsp3) is 0.143. The molecule has 0 aliphatic carbocycles. The fourth-order valence-electron chi connectivity index (χ4n) is 2.70. The predicted molar refractivity (Wildman–Crippen MR) is 100 cm³/mol. The molecular formula is C21H21NO3. The molecule has 0 saturated heterocycles. The van der Waals surface area contributed by atoms with Crippen LogP contribution in [0.4, 0.5) is 5.69 Å². The van der Waals surface area contributed by atoms with E-state index in [0.29, 0.717) is 12.3 Å². The zero-order valence-corrected chi connectivity index (χ0v) is 14.3. The first-order valence-corrected chi connectivity index (χ1v) is 8.04. The Morgan fingerprint density at radius 1 is 0.800 bits per heavy atom. The van der Waals surface area contributed by atoms with Crippen molar-refractivity contribution in [3.05, 3.63) is 72.3 Å². The smallest absolute Gasteiger partial charge is 0.160 e. The molecule has 0 heterocycles. The van der Waals surface area contributed by atoms with Crippen LogP contribution in [0.3, 0.4) is 0 Å². The van der Waals surface area contributed by atoms with E-state index in [1.165, 1.54) is 7.11 Å². The normalized spacial score (nSPS) is 10.3. The van der Waals surface area contributed by atoms with E-state index in [0.717, 1.165) is 28.1 Å². The summed E-state index contributed by atoms with van der Waals surface area (Å²) in [6.07, 6.45) is 0. The van der Waals surface area contributed by atoms with Gasteiger partial charge in [0.15, 0.2) is 11.5 Å². The Kier molecular flexibility index (Phi) is 5.09. The maximum atomic E-state index is 9.90. The quantitative estimate of drug-likeness (QED) is 0.686. The van der Waals surface area contributed by atoms with E-state index in [1.807, 2.05) is 36.4 Å². The number of benzene rings is 3. The lowest BCUT2D eigenvalue weighted by Gasteiger charge is -2.14. The molecule has 0 aliphatic heterocycles. The standard InChI is InChI=1S/C21H21NO3/c1-24-20-11-9-17(16-6-4-3-5-7-16)13-18(20)22-14-15-8-10-21(25-2)19(23)12-15/h3-13,22-23H,14H2,1-2H3. The van der Waals surface area contributed by atoms with Crippen LogP contribution in [0.5, 0.6) is 17.2 Å². The van der Waals surface area contributed by atoms with Crippen molar-refractivity contribution in [2.75, 3.05) is 19.5 Å². The highest BCUT2D eigenvalue weighted by molar-refractivity contribution is 5.72. The zero-order valence-electron chi connectivity index (χ0n) is 14.3. The lowest BCUT2D eigenvalue weighted by Crippen LogP contribution is -2.02. The van der Waals surface area contributed by atoms with Gasteiger partial charge in [0.05, 0.1) is 19.9 Å². The average molecular weight is 335 g/mol. The summed E-state index contributed by atoms with van der Waals surface area (Å²) in [7, 11) is 3.19. The maximum Gasteiger partial charge on any atom is 0.160 e. The molecule has 0 amide bonds. The van der Waals surface area contributed by atoms with Crippen molar-refractivity contribution in [2.24, 2.45) is 0 Å². The van der Waals surface area contributed by atoms with Crippen LogP contribution in [-0.2, 0) is 6.54 Å². The second kappa shape index (κ2) is 7.62. The molecule has 3 rings (SSSR count). The van der Waals surface area contributed by atoms with Crippen molar-refractivity contribution in [3.8, 4) is 28.4 Å². The average Bonchev–Trinajstić information content (AvgIpc) is 2.67. The molecule has 0 bridgehead atoms.